The first-order valence-corrected chi connectivity index (χ1v) is 6.75. The first kappa shape index (κ1) is 15.3. The summed E-state index contributed by atoms with van der Waals surface area (Å²) >= 11 is 0. The van der Waals surface area contributed by atoms with E-state index in [1.54, 1.807) is 6.20 Å². The molecule has 0 aliphatic rings. The molecule has 0 atom stereocenters. The zero-order valence-corrected chi connectivity index (χ0v) is 12.2. The van der Waals surface area contributed by atoms with Crippen LogP contribution < -0.4 is 10.1 Å². The number of hydrogen-bond acceptors (Lipinski definition) is 2. The Hall–Kier alpha value is -2.11. The molecule has 1 aromatic carbocycles. The molecule has 6 heteroatoms. The van der Waals surface area contributed by atoms with E-state index < -0.39 is 11.6 Å². The summed E-state index contributed by atoms with van der Waals surface area (Å²) in [5.41, 5.74) is 0.907. The normalized spacial score (nSPS) is 11.1. The van der Waals surface area contributed by atoms with E-state index in [9.17, 15) is 13.6 Å². The molecule has 2 rings (SSSR count). The molecule has 0 unspecified atom stereocenters. The molecule has 1 heterocycles. The molecule has 0 saturated carbocycles. The van der Waals surface area contributed by atoms with Crippen molar-refractivity contribution >= 4 is 16.8 Å². The zero-order chi connectivity index (χ0) is 15.6. The summed E-state index contributed by atoms with van der Waals surface area (Å²) in [7, 11) is 1.29. The number of halogens is 2. The van der Waals surface area contributed by atoms with E-state index in [0.29, 0.717) is 18.4 Å². The summed E-state index contributed by atoms with van der Waals surface area (Å²) < 4.78 is 32.3. The Balaban J connectivity index is 2.22. The molecule has 0 aliphatic carbocycles. The third kappa shape index (κ3) is 2.99. The Morgan fingerprint density at radius 1 is 1.38 bits per heavy atom. The highest BCUT2D eigenvalue weighted by atomic mass is 19.2. The standard InChI is InChI=1S/C15H18F2N2O2/c1-8(2)15(20)18-5-4-9-7-19-14-10(9)6-11(21-3)12(16)13(14)17/h6-8,19H,4-5H2,1-3H3,(H,18,20). The highest BCUT2D eigenvalue weighted by Gasteiger charge is 2.17. The van der Waals surface area contributed by atoms with E-state index in [0.717, 1.165) is 5.56 Å². The quantitative estimate of drug-likeness (QED) is 0.891. The van der Waals surface area contributed by atoms with E-state index in [4.69, 9.17) is 4.74 Å². The number of aromatic nitrogens is 1. The summed E-state index contributed by atoms with van der Waals surface area (Å²) in [6.45, 7) is 4.05. The van der Waals surface area contributed by atoms with Gasteiger partial charge in [-0.1, -0.05) is 13.8 Å². The third-order valence-corrected chi connectivity index (χ3v) is 3.35. The number of ether oxygens (including phenoxy) is 1. The number of H-pyrrole nitrogens is 1. The minimum Gasteiger partial charge on any atom is -0.494 e. The van der Waals surface area contributed by atoms with Gasteiger partial charge in [0.05, 0.1) is 12.6 Å². The van der Waals surface area contributed by atoms with Gasteiger partial charge in [-0.2, -0.15) is 4.39 Å². The van der Waals surface area contributed by atoms with Crippen molar-refractivity contribution in [3.8, 4) is 5.75 Å². The Labute approximate surface area is 121 Å². The van der Waals surface area contributed by atoms with Gasteiger partial charge < -0.3 is 15.0 Å². The van der Waals surface area contributed by atoms with Crippen molar-refractivity contribution in [3.63, 3.8) is 0 Å². The van der Waals surface area contributed by atoms with Crippen LogP contribution in [0.3, 0.4) is 0 Å². The summed E-state index contributed by atoms with van der Waals surface area (Å²) in [5.74, 6) is -2.22. The molecule has 4 nitrogen and oxygen atoms in total. The van der Waals surface area contributed by atoms with Crippen molar-refractivity contribution in [1.29, 1.82) is 0 Å². The molecular formula is C15H18F2N2O2. The Bertz CT molecular complexity index is 665. The Morgan fingerprint density at radius 2 is 2.10 bits per heavy atom. The lowest BCUT2D eigenvalue weighted by Gasteiger charge is -2.08. The van der Waals surface area contributed by atoms with Crippen LogP contribution in [0.2, 0.25) is 0 Å². The lowest BCUT2D eigenvalue weighted by Crippen LogP contribution is -2.29. The fourth-order valence-electron chi connectivity index (χ4n) is 2.11. The molecule has 21 heavy (non-hydrogen) atoms. The first-order chi connectivity index (χ1) is 9.95. The summed E-state index contributed by atoms with van der Waals surface area (Å²) in [5, 5.41) is 3.35. The predicted molar refractivity (Wildman–Crippen MR) is 76.3 cm³/mol. The van der Waals surface area contributed by atoms with E-state index in [1.807, 2.05) is 13.8 Å². The molecular weight excluding hydrogens is 278 g/mol. The van der Waals surface area contributed by atoms with Gasteiger partial charge in [0, 0.05) is 24.0 Å². The van der Waals surface area contributed by atoms with Crippen LogP contribution >= 0.6 is 0 Å². The number of nitrogens with one attached hydrogen (secondary N) is 2. The monoisotopic (exact) mass is 296 g/mol. The third-order valence-electron chi connectivity index (χ3n) is 3.35. The number of aromatic amines is 1. The molecule has 0 bridgehead atoms. The second-order valence-electron chi connectivity index (χ2n) is 5.14. The van der Waals surface area contributed by atoms with Crippen molar-refractivity contribution in [2.75, 3.05) is 13.7 Å². The maximum Gasteiger partial charge on any atom is 0.222 e. The number of fused-ring (bicyclic) bond motifs is 1. The van der Waals surface area contributed by atoms with Gasteiger partial charge in [0.15, 0.2) is 11.6 Å². The predicted octanol–water partition coefficient (Wildman–Crippen LogP) is 2.77. The number of hydrogen-bond donors (Lipinski definition) is 2. The molecule has 0 aliphatic heterocycles. The van der Waals surface area contributed by atoms with Gasteiger partial charge in [-0.15, -0.1) is 0 Å². The summed E-state index contributed by atoms with van der Waals surface area (Å²) in [6, 6.07) is 1.46. The van der Waals surface area contributed by atoms with Crippen LogP contribution in [0.4, 0.5) is 8.78 Å². The zero-order valence-electron chi connectivity index (χ0n) is 12.2. The molecule has 0 radical (unpaired) electrons. The van der Waals surface area contributed by atoms with Gasteiger partial charge in [0.1, 0.15) is 0 Å². The maximum absolute atomic E-state index is 13.9. The molecule has 0 saturated heterocycles. The lowest BCUT2D eigenvalue weighted by atomic mass is 10.1. The highest BCUT2D eigenvalue weighted by molar-refractivity contribution is 5.85. The average Bonchev–Trinajstić information content (AvgIpc) is 2.85. The molecule has 0 spiro atoms. The topological polar surface area (TPSA) is 54.1 Å². The van der Waals surface area contributed by atoms with Crippen LogP contribution in [0.5, 0.6) is 5.75 Å². The fraction of sp³-hybridized carbons (Fsp3) is 0.400. The maximum atomic E-state index is 13.9. The Kier molecular flexibility index (Phi) is 4.45. The van der Waals surface area contributed by atoms with Crippen molar-refractivity contribution in [3.05, 3.63) is 29.5 Å². The Morgan fingerprint density at radius 3 is 2.71 bits per heavy atom. The largest absolute Gasteiger partial charge is 0.494 e. The molecule has 0 fully saturated rings. The van der Waals surface area contributed by atoms with Gasteiger partial charge in [-0.3, -0.25) is 4.79 Å². The second kappa shape index (κ2) is 6.11. The van der Waals surface area contributed by atoms with Gasteiger partial charge in [-0.05, 0) is 18.1 Å². The van der Waals surface area contributed by atoms with Crippen LogP contribution in [-0.2, 0) is 11.2 Å². The minimum atomic E-state index is -1.01. The smallest absolute Gasteiger partial charge is 0.222 e. The molecule has 1 amide bonds. The van der Waals surface area contributed by atoms with E-state index >= 15 is 0 Å². The number of rotatable bonds is 5. The van der Waals surface area contributed by atoms with Crippen LogP contribution in [0.15, 0.2) is 12.3 Å². The van der Waals surface area contributed by atoms with E-state index in [-0.39, 0.29) is 23.1 Å². The van der Waals surface area contributed by atoms with Crippen LogP contribution in [0.25, 0.3) is 10.9 Å². The SMILES string of the molecule is COc1cc2c(CCNC(=O)C(C)C)c[nH]c2c(F)c1F. The van der Waals surface area contributed by atoms with Crippen molar-refractivity contribution in [2.24, 2.45) is 5.92 Å². The second-order valence-corrected chi connectivity index (χ2v) is 5.14. The first-order valence-electron chi connectivity index (χ1n) is 6.75. The van der Waals surface area contributed by atoms with Gasteiger partial charge in [0.2, 0.25) is 11.7 Å². The molecule has 114 valence electrons. The van der Waals surface area contributed by atoms with Gasteiger partial charge in [-0.25, -0.2) is 4.39 Å². The van der Waals surface area contributed by atoms with Crippen LogP contribution in [0, 0.1) is 17.6 Å². The summed E-state index contributed by atoms with van der Waals surface area (Å²) in [6.07, 6.45) is 2.14. The number of carbonyl (C=O) groups excluding carboxylic acids is 1. The van der Waals surface area contributed by atoms with Crippen molar-refractivity contribution in [1.82, 2.24) is 10.3 Å². The van der Waals surface area contributed by atoms with E-state index in [1.165, 1.54) is 13.2 Å². The number of benzene rings is 1. The fourth-order valence-corrected chi connectivity index (χ4v) is 2.11. The average molecular weight is 296 g/mol. The van der Waals surface area contributed by atoms with Crippen LogP contribution in [0.1, 0.15) is 19.4 Å². The molecule has 2 N–H and O–H groups in total. The molecule has 1 aromatic heterocycles. The van der Waals surface area contributed by atoms with Crippen molar-refractivity contribution in [2.45, 2.75) is 20.3 Å². The van der Waals surface area contributed by atoms with Crippen LogP contribution in [-0.4, -0.2) is 24.5 Å². The number of amides is 1. The lowest BCUT2D eigenvalue weighted by molar-refractivity contribution is -0.123. The van der Waals surface area contributed by atoms with Gasteiger partial charge in [0.25, 0.3) is 0 Å². The number of methoxy groups -OCH3 is 1. The number of carbonyl (C=O) groups is 1. The molecule has 2 aromatic rings. The highest BCUT2D eigenvalue weighted by Crippen LogP contribution is 2.30. The van der Waals surface area contributed by atoms with Gasteiger partial charge >= 0.3 is 0 Å². The minimum absolute atomic E-state index is 0.0374. The van der Waals surface area contributed by atoms with Crippen molar-refractivity contribution < 1.29 is 18.3 Å². The van der Waals surface area contributed by atoms with E-state index in [2.05, 4.69) is 10.3 Å². The summed E-state index contributed by atoms with van der Waals surface area (Å²) in [4.78, 5) is 14.2.